The molecular formula is C16H11F2NO4. The van der Waals surface area contributed by atoms with Crippen molar-refractivity contribution >= 4 is 16.8 Å². The van der Waals surface area contributed by atoms with E-state index in [9.17, 15) is 13.6 Å². The second-order valence-corrected chi connectivity index (χ2v) is 4.64. The Labute approximate surface area is 129 Å². The lowest BCUT2D eigenvalue weighted by molar-refractivity contribution is 0.100. The highest BCUT2D eigenvalue weighted by atomic mass is 19.1. The zero-order valence-electron chi connectivity index (χ0n) is 12.2. The third-order valence-corrected chi connectivity index (χ3v) is 3.35. The van der Waals surface area contributed by atoms with Gasteiger partial charge in [0.2, 0.25) is 5.78 Å². The van der Waals surface area contributed by atoms with Gasteiger partial charge in [-0.15, -0.1) is 0 Å². The highest BCUT2D eigenvalue weighted by Crippen LogP contribution is 2.33. The molecule has 3 rings (SSSR count). The van der Waals surface area contributed by atoms with Gasteiger partial charge < -0.3 is 13.9 Å². The van der Waals surface area contributed by atoms with E-state index in [0.29, 0.717) is 11.0 Å². The Bertz CT molecular complexity index is 843. The van der Waals surface area contributed by atoms with E-state index < -0.39 is 23.0 Å². The van der Waals surface area contributed by atoms with Crippen LogP contribution in [0, 0.1) is 11.6 Å². The van der Waals surface area contributed by atoms with Crippen molar-refractivity contribution in [2.24, 2.45) is 0 Å². The Balaban J connectivity index is 2.18. The van der Waals surface area contributed by atoms with Crippen molar-refractivity contribution in [3.8, 4) is 11.5 Å². The molecule has 0 fully saturated rings. The molecular weight excluding hydrogens is 308 g/mol. The number of hydrogen-bond donors (Lipinski definition) is 0. The lowest BCUT2D eigenvalue weighted by atomic mass is 10.1. The summed E-state index contributed by atoms with van der Waals surface area (Å²) in [5, 5.41) is 0.596. The first-order valence-electron chi connectivity index (χ1n) is 6.55. The van der Waals surface area contributed by atoms with Gasteiger partial charge in [0.25, 0.3) is 0 Å². The van der Waals surface area contributed by atoms with Gasteiger partial charge in [-0.2, -0.15) is 0 Å². The number of methoxy groups -OCH3 is 2. The summed E-state index contributed by atoms with van der Waals surface area (Å²) in [5.74, 6) is -3.99. The van der Waals surface area contributed by atoms with Gasteiger partial charge in [0, 0.05) is 17.6 Å². The van der Waals surface area contributed by atoms with Crippen LogP contribution >= 0.6 is 0 Å². The molecule has 2 aromatic heterocycles. The van der Waals surface area contributed by atoms with Crippen LogP contribution in [0.2, 0.25) is 0 Å². The number of aromatic nitrogens is 1. The summed E-state index contributed by atoms with van der Waals surface area (Å²) < 4.78 is 43.6. The van der Waals surface area contributed by atoms with Crippen molar-refractivity contribution in [1.82, 2.24) is 4.98 Å². The van der Waals surface area contributed by atoms with Crippen LogP contribution in [0.15, 0.2) is 35.0 Å². The number of carbonyl (C=O) groups excluding carboxylic acids is 1. The summed E-state index contributed by atoms with van der Waals surface area (Å²) in [5.41, 5.74) is -0.459. The van der Waals surface area contributed by atoms with Gasteiger partial charge in [0.1, 0.15) is 5.56 Å². The Morgan fingerprint density at radius 2 is 1.78 bits per heavy atom. The number of nitrogens with zero attached hydrogens (tertiary/aromatic N) is 1. The van der Waals surface area contributed by atoms with Crippen LogP contribution in [0.4, 0.5) is 8.78 Å². The van der Waals surface area contributed by atoms with Crippen LogP contribution in [-0.4, -0.2) is 25.0 Å². The maximum Gasteiger partial charge on any atom is 0.234 e. The van der Waals surface area contributed by atoms with Crippen molar-refractivity contribution in [3.63, 3.8) is 0 Å². The molecule has 3 aromatic rings. The molecule has 7 heteroatoms. The van der Waals surface area contributed by atoms with Crippen molar-refractivity contribution in [3.05, 3.63) is 53.6 Å². The molecule has 0 saturated carbocycles. The van der Waals surface area contributed by atoms with E-state index >= 15 is 0 Å². The predicted octanol–water partition coefficient (Wildman–Crippen LogP) is 3.35. The van der Waals surface area contributed by atoms with Crippen molar-refractivity contribution < 1.29 is 27.5 Å². The molecule has 0 aliphatic carbocycles. The molecule has 23 heavy (non-hydrogen) atoms. The molecule has 0 radical (unpaired) electrons. The number of rotatable bonds is 4. The van der Waals surface area contributed by atoms with E-state index in [1.54, 1.807) is 6.07 Å². The van der Waals surface area contributed by atoms with Crippen molar-refractivity contribution in [2.45, 2.75) is 0 Å². The van der Waals surface area contributed by atoms with E-state index in [-0.39, 0.29) is 17.3 Å². The Morgan fingerprint density at radius 3 is 2.35 bits per heavy atom. The lowest BCUT2D eigenvalue weighted by Gasteiger charge is -2.10. The Kier molecular flexibility index (Phi) is 3.69. The summed E-state index contributed by atoms with van der Waals surface area (Å²) in [6.07, 6.45) is 2.92. The van der Waals surface area contributed by atoms with Crippen LogP contribution < -0.4 is 9.47 Å². The van der Waals surface area contributed by atoms with E-state index in [2.05, 4.69) is 4.98 Å². The SMILES string of the molecule is COc1cc(OC)c(F)c(C(=O)c2cc3ccncc3o2)c1F. The second-order valence-electron chi connectivity index (χ2n) is 4.64. The maximum atomic E-state index is 14.3. The smallest absolute Gasteiger partial charge is 0.234 e. The largest absolute Gasteiger partial charge is 0.494 e. The molecule has 5 nitrogen and oxygen atoms in total. The number of ketones is 1. The maximum absolute atomic E-state index is 14.3. The minimum Gasteiger partial charge on any atom is -0.494 e. The fourth-order valence-corrected chi connectivity index (χ4v) is 2.20. The van der Waals surface area contributed by atoms with Gasteiger partial charge in [-0.1, -0.05) is 0 Å². The molecule has 0 unspecified atom stereocenters. The van der Waals surface area contributed by atoms with Gasteiger partial charge in [-0.3, -0.25) is 9.78 Å². The van der Waals surface area contributed by atoms with E-state index in [0.717, 1.165) is 6.07 Å². The molecule has 2 heterocycles. The number of ether oxygens (including phenoxy) is 2. The molecule has 0 spiro atoms. The van der Waals surface area contributed by atoms with E-state index in [1.165, 1.54) is 32.7 Å². The summed E-state index contributed by atoms with van der Waals surface area (Å²) >= 11 is 0. The van der Waals surface area contributed by atoms with Crippen LogP contribution in [0.3, 0.4) is 0 Å². The molecule has 1 aromatic carbocycles. The molecule has 0 aliphatic heterocycles. The molecule has 0 amide bonds. The predicted molar refractivity (Wildman–Crippen MR) is 76.9 cm³/mol. The topological polar surface area (TPSA) is 61.6 Å². The number of furan rings is 1. The summed E-state index contributed by atoms with van der Waals surface area (Å²) in [6.45, 7) is 0. The minimum atomic E-state index is -1.12. The summed E-state index contributed by atoms with van der Waals surface area (Å²) in [7, 11) is 2.41. The van der Waals surface area contributed by atoms with E-state index in [1.807, 2.05) is 0 Å². The number of pyridine rings is 1. The van der Waals surface area contributed by atoms with Gasteiger partial charge in [0.05, 0.1) is 20.4 Å². The third kappa shape index (κ3) is 2.40. The zero-order valence-corrected chi connectivity index (χ0v) is 12.2. The van der Waals surface area contributed by atoms with Gasteiger partial charge in [-0.05, 0) is 12.1 Å². The number of benzene rings is 1. The molecule has 0 atom stereocenters. The van der Waals surface area contributed by atoms with Gasteiger partial charge in [-0.25, -0.2) is 8.78 Å². The number of fused-ring (bicyclic) bond motifs is 1. The lowest BCUT2D eigenvalue weighted by Crippen LogP contribution is -2.09. The standard InChI is InChI=1S/C16H11F2NO4/c1-21-9-6-10(22-2)15(18)13(14(9)17)16(20)11-5-8-3-4-19-7-12(8)23-11/h3-7H,1-2H3. The molecule has 0 saturated heterocycles. The minimum absolute atomic E-state index is 0.207. The fourth-order valence-electron chi connectivity index (χ4n) is 2.20. The molecule has 118 valence electrons. The number of halogens is 2. The van der Waals surface area contributed by atoms with Crippen molar-refractivity contribution in [2.75, 3.05) is 14.2 Å². The Hall–Kier alpha value is -2.96. The summed E-state index contributed by atoms with van der Waals surface area (Å²) in [6, 6.07) is 4.04. The van der Waals surface area contributed by atoms with Crippen LogP contribution in [0.1, 0.15) is 16.1 Å². The van der Waals surface area contributed by atoms with Gasteiger partial charge >= 0.3 is 0 Å². The molecule has 0 N–H and O–H groups in total. The highest BCUT2D eigenvalue weighted by molar-refractivity contribution is 6.09. The summed E-state index contributed by atoms with van der Waals surface area (Å²) in [4.78, 5) is 16.3. The second kappa shape index (κ2) is 5.68. The first kappa shape index (κ1) is 15.0. The van der Waals surface area contributed by atoms with Crippen LogP contribution in [-0.2, 0) is 0 Å². The van der Waals surface area contributed by atoms with Gasteiger partial charge in [0.15, 0.2) is 34.5 Å². The first-order valence-corrected chi connectivity index (χ1v) is 6.55. The number of carbonyl (C=O) groups is 1. The monoisotopic (exact) mass is 319 g/mol. The van der Waals surface area contributed by atoms with Crippen LogP contribution in [0.25, 0.3) is 11.0 Å². The average molecular weight is 319 g/mol. The fraction of sp³-hybridized carbons (Fsp3) is 0.125. The normalized spacial score (nSPS) is 10.8. The van der Waals surface area contributed by atoms with Crippen molar-refractivity contribution in [1.29, 1.82) is 0 Å². The third-order valence-electron chi connectivity index (χ3n) is 3.35. The first-order chi connectivity index (χ1) is 11.1. The average Bonchev–Trinajstić information content (AvgIpc) is 2.99. The van der Waals surface area contributed by atoms with E-state index in [4.69, 9.17) is 13.9 Å². The number of hydrogen-bond acceptors (Lipinski definition) is 5. The Morgan fingerprint density at radius 1 is 1.13 bits per heavy atom. The quantitative estimate of drug-likeness (QED) is 0.690. The van der Waals surface area contributed by atoms with Crippen LogP contribution in [0.5, 0.6) is 11.5 Å². The zero-order chi connectivity index (χ0) is 16.6. The highest BCUT2D eigenvalue weighted by Gasteiger charge is 2.28. The molecule has 0 bridgehead atoms. The molecule has 0 aliphatic rings.